The monoisotopic (exact) mass is 388 g/mol. The number of aromatic nitrogens is 2. The van der Waals surface area contributed by atoms with E-state index >= 15 is 0 Å². The van der Waals surface area contributed by atoms with Crippen LogP contribution in [-0.4, -0.2) is 60.2 Å². The molecule has 0 aliphatic carbocycles. The Hall–Kier alpha value is -1.73. The molecule has 0 spiro atoms. The van der Waals surface area contributed by atoms with E-state index < -0.39 is 0 Å². The number of hydrogen-bond acceptors (Lipinski definition) is 6. The predicted molar refractivity (Wildman–Crippen MR) is 109 cm³/mol. The summed E-state index contributed by atoms with van der Waals surface area (Å²) in [7, 11) is 0. The highest BCUT2D eigenvalue weighted by molar-refractivity contribution is 7.20. The third-order valence-corrected chi connectivity index (χ3v) is 6.72. The summed E-state index contributed by atoms with van der Waals surface area (Å²) < 4.78 is 5.49. The van der Waals surface area contributed by atoms with Crippen molar-refractivity contribution in [2.24, 2.45) is 11.8 Å². The molecule has 7 heteroatoms. The Kier molecular flexibility index (Phi) is 5.07. The molecule has 0 radical (unpaired) electrons. The van der Waals surface area contributed by atoms with E-state index in [-0.39, 0.29) is 5.91 Å². The SMILES string of the molecule is Cc1nc(N2CCOCC2)c2c(C)c(C(=O)N3C[C@@H](C)C[C@H](C)C3)sc2n1. The summed E-state index contributed by atoms with van der Waals surface area (Å²) >= 11 is 1.52. The van der Waals surface area contributed by atoms with Gasteiger partial charge in [0.1, 0.15) is 16.5 Å². The normalized spacial score (nSPS) is 23.9. The van der Waals surface area contributed by atoms with Crippen molar-refractivity contribution in [3.63, 3.8) is 0 Å². The standard InChI is InChI=1S/C20H28N4O2S/c1-12-9-13(2)11-24(10-12)20(25)17-14(3)16-18(23-5-7-26-8-6-23)21-15(4)22-19(16)27-17/h12-13H,5-11H2,1-4H3/t12-,13-/m0/s1. The van der Waals surface area contributed by atoms with Gasteiger partial charge in [-0.1, -0.05) is 13.8 Å². The molecule has 2 aliphatic rings. The average molecular weight is 389 g/mol. The number of rotatable bonds is 2. The fourth-order valence-corrected chi connectivity index (χ4v) is 5.59. The van der Waals surface area contributed by atoms with Crippen LogP contribution in [0.3, 0.4) is 0 Å². The number of anilines is 1. The molecular formula is C20H28N4O2S. The van der Waals surface area contributed by atoms with Gasteiger partial charge in [-0.3, -0.25) is 4.79 Å². The van der Waals surface area contributed by atoms with Gasteiger partial charge in [0.05, 0.1) is 23.5 Å². The smallest absolute Gasteiger partial charge is 0.264 e. The Morgan fingerprint density at radius 3 is 2.44 bits per heavy atom. The maximum absolute atomic E-state index is 13.3. The van der Waals surface area contributed by atoms with Crippen molar-refractivity contribution >= 4 is 33.3 Å². The van der Waals surface area contributed by atoms with Gasteiger partial charge < -0.3 is 14.5 Å². The number of amides is 1. The third-order valence-electron chi connectivity index (χ3n) is 5.54. The van der Waals surface area contributed by atoms with Crippen LogP contribution in [0.1, 0.15) is 41.3 Å². The number of nitrogens with zero attached hydrogens (tertiary/aromatic N) is 4. The van der Waals surface area contributed by atoms with Crippen LogP contribution in [0.4, 0.5) is 5.82 Å². The zero-order chi connectivity index (χ0) is 19.1. The minimum Gasteiger partial charge on any atom is -0.378 e. The highest BCUT2D eigenvalue weighted by Crippen LogP contribution is 2.37. The number of piperidine rings is 1. The van der Waals surface area contributed by atoms with Crippen LogP contribution < -0.4 is 4.90 Å². The summed E-state index contributed by atoms with van der Waals surface area (Å²) in [5.41, 5.74) is 1.02. The van der Waals surface area contributed by atoms with Gasteiger partial charge in [0.15, 0.2) is 0 Å². The molecule has 2 aromatic rings. The van der Waals surface area contributed by atoms with Crippen LogP contribution in [0.15, 0.2) is 0 Å². The van der Waals surface area contributed by atoms with E-state index in [2.05, 4.69) is 23.7 Å². The largest absolute Gasteiger partial charge is 0.378 e. The molecular weight excluding hydrogens is 360 g/mol. The van der Waals surface area contributed by atoms with Crippen molar-refractivity contribution in [2.75, 3.05) is 44.3 Å². The molecule has 0 unspecified atom stereocenters. The Morgan fingerprint density at radius 1 is 1.11 bits per heavy atom. The van der Waals surface area contributed by atoms with E-state index in [0.717, 1.165) is 58.5 Å². The fourth-order valence-electron chi connectivity index (χ4n) is 4.40. The first kappa shape index (κ1) is 18.6. The first-order valence-corrected chi connectivity index (χ1v) is 10.7. The van der Waals surface area contributed by atoms with Crippen LogP contribution in [0, 0.1) is 25.7 Å². The summed E-state index contributed by atoms with van der Waals surface area (Å²) in [6, 6.07) is 0. The van der Waals surface area contributed by atoms with Gasteiger partial charge in [0.25, 0.3) is 5.91 Å². The number of carbonyl (C=O) groups is 1. The van der Waals surface area contributed by atoms with Crippen molar-refractivity contribution in [3.05, 3.63) is 16.3 Å². The molecule has 2 atom stereocenters. The van der Waals surface area contributed by atoms with Gasteiger partial charge in [0, 0.05) is 26.2 Å². The van der Waals surface area contributed by atoms with Gasteiger partial charge in [-0.15, -0.1) is 11.3 Å². The Balaban J connectivity index is 1.74. The molecule has 1 amide bonds. The number of ether oxygens (including phenoxy) is 1. The van der Waals surface area contributed by atoms with Gasteiger partial charge in [-0.25, -0.2) is 9.97 Å². The van der Waals surface area contributed by atoms with Crippen molar-refractivity contribution in [1.29, 1.82) is 0 Å². The van der Waals surface area contributed by atoms with Crippen LogP contribution in [0.2, 0.25) is 0 Å². The summed E-state index contributed by atoms with van der Waals surface area (Å²) in [6.45, 7) is 13.2. The van der Waals surface area contributed by atoms with Gasteiger partial charge in [-0.2, -0.15) is 0 Å². The van der Waals surface area contributed by atoms with E-state index in [1.807, 2.05) is 18.7 Å². The van der Waals surface area contributed by atoms with Crippen molar-refractivity contribution in [1.82, 2.24) is 14.9 Å². The van der Waals surface area contributed by atoms with Gasteiger partial charge in [-0.05, 0) is 37.7 Å². The molecule has 0 saturated carbocycles. The molecule has 27 heavy (non-hydrogen) atoms. The molecule has 2 fully saturated rings. The average Bonchev–Trinajstić information content (AvgIpc) is 2.96. The zero-order valence-corrected chi connectivity index (χ0v) is 17.4. The second-order valence-electron chi connectivity index (χ2n) is 8.09. The number of hydrogen-bond donors (Lipinski definition) is 0. The van der Waals surface area contributed by atoms with E-state index in [0.29, 0.717) is 25.0 Å². The highest BCUT2D eigenvalue weighted by atomic mass is 32.1. The van der Waals surface area contributed by atoms with Crippen LogP contribution in [-0.2, 0) is 4.74 Å². The molecule has 6 nitrogen and oxygen atoms in total. The van der Waals surface area contributed by atoms with Crippen molar-refractivity contribution in [3.8, 4) is 0 Å². The maximum atomic E-state index is 13.3. The Bertz CT molecular complexity index is 849. The van der Waals surface area contributed by atoms with E-state index in [1.54, 1.807) is 0 Å². The second-order valence-corrected chi connectivity index (χ2v) is 9.09. The molecule has 2 saturated heterocycles. The molecule has 0 bridgehead atoms. The third kappa shape index (κ3) is 3.55. The van der Waals surface area contributed by atoms with Crippen LogP contribution >= 0.6 is 11.3 Å². The predicted octanol–water partition coefficient (Wildman–Crippen LogP) is 3.26. The molecule has 0 N–H and O–H groups in total. The minimum absolute atomic E-state index is 0.152. The maximum Gasteiger partial charge on any atom is 0.264 e. The molecule has 0 aromatic carbocycles. The van der Waals surface area contributed by atoms with E-state index in [4.69, 9.17) is 9.72 Å². The number of aryl methyl sites for hydroxylation is 2. The summed E-state index contributed by atoms with van der Waals surface area (Å²) in [4.78, 5) is 28.7. The minimum atomic E-state index is 0.152. The van der Waals surface area contributed by atoms with Gasteiger partial charge >= 0.3 is 0 Å². The van der Waals surface area contributed by atoms with E-state index in [1.165, 1.54) is 17.8 Å². The number of likely N-dealkylation sites (tertiary alicyclic amines) is 1. The first-order chi connectivity index (χ1) is 12.9. The lowest BCUT2D eigenvalue weighted by molar-refractivity contribution is 0.0627. The summed E-state index contributed by atoms with van der Waals surface area (Å²) in [6.07, 6.45) is 1.20. The lowest BCUT2D eigenvalue weighted by atomic mass is 9.92. The summed E-state index contributed by atoms with van der Waals surface area (Å²) in [5, 5.41) is 1.04. The molecule has 2 aliphatic heterocycles. The number of thiophene rings is 1. The van der Waals surface area contributed by atoms with Crippen molar-refractivity contribution < 1.29 is 9.53 Å². The van der Waals surface area contributed by atoms with Crippen LogP contribution in [0.5, 0.6) is 0 Å². The van der Waals surface area contributed by atoms with Gasteiger partial charge in [0.2, 0.25) is 0 Å². The van der Waals surface area contributed by atoms with Crippen molar-refractivity contribution in [2.45, 2.75) is 34.1 Å². The Labute approximate surface area is 164 Å². The number of fused-ring (bicyclic) bond motifs is 1. The fraction of sp³-hybridized carbons (Fsp3) is 0.650. The second kappa shape index (κ2) is 7.36. The quantitative estimate of drug-likeness (QED) is 0.790. The molecule has 4 rings (SSSR count). The first-order valence-electron chi connectivity index (χ1n) is 9.83. The molecule has 4 heterocycles. The zero-order valence-electron chi connectivity index (χ0n) is 16.6. The summed E-state index contributed by atoms with van der Waals surface area (Å²) in [5.74, 6) is 2.97. The molecule has 2 aromatic heterocycles. The lowest BCUT2D eigenvalue weighted by Crippen LogP contribution is -2.42. The number of morpholine rings is 1. The highest BCUT2D eigenvalue weighted by Gasteiger charge is 2.30. The topological polar surface area (TPSA) is 58.6 Å². The number of carbonyl (C=O) groups excluding carboxylic acids is 1. The van der Waals surface area contributed by atoms with E-state index in [9.17, 15) is 4.79 Å². The Morgan fingerprint density at radius 2 is 1.78 bits per heavy atom. The van der Waals surface area contributed by atoms with Crippen LogP contribution in [0.25, 0.3) is 10.2 Å². The molecule has 146 valence electrons. The lowest BCUT2D eigenvalue weighted by Gasteiger charge is -2.34.